The summed E-state index contributed by atoms with van der Waals surface area (Å²) in [4.78, 5) is 37.9. The van der Waals surface area contributed by atoms with Crippen molar-refractivity contribution in [3.05, 3.63) is 54.0 Å². The van der Waals surface area contributed by atoms with E-state index in [1.165, 1.54) is 13.4 Å². The number of hydrogen-bond donors (Lipinski definition) is 0. The highest BCUT2D eigenvalue weighted by atomic mass is 16.5. The zero-order valence-electron chi connectivity index (χ0n) is 14.3. The number of ketones is 1. The molecule has 0 bridgehead atoms. The van der Waals surface area contributed by atoms with Crippen molar-refractivity contribution in [2.75, 3.05) is 20.3 Å². The van der Waals surface area contributed by atoms with E-state index >= 15 is 0 Å². The fourth-order valence-electron chi connectivity index (χ4n) is 2.79. The molecule has 1 aromatic carbocycles. The third kappa shape index (κ3) is 4.11. The highest BCUT2D eigenvalue weighted by Gasteiger charge is 2.35. The number of nitrogens with zero attached hydrogens (tertiary/aromatic N) is 1. The number of ether oxygens (including phenoxy) is 2. The number of benzene rings is 1. The van der Waals surface area contributed by atoms with Gasteiger partial charge in [-0.25, -0.2) is 0 Å². The average Bonchev–Trinajstić information content (AvgIpc) is 3.30. The molecule has 2 aromatic rings. The number of carbonyl (C=O) groups excluding carboxylic acids is 3. The number of likely N-dealkylation sites (tertiary alicyclic amines) is 1. The van der Waals surface area contributed by atoms with E-state index in [1.807, 2.05) is 0 Å². The highest BCUT2D eigenvalue weighted by molar-refractivity contribution is 5.98. The topological polar surface area (TPSA) is 86.0 Å². The smallest absolute Gasteiger partial charge is 0.311 e. The number of Topliss-reactive ketones (excluding diaryl/α,β-unsaturated/α-hetero) is 1. The molecule has 1 amide bonds. The first kappa shape index (κ1) is 17.7. The molecule has 0 spiro atoms. The lowest BCUT2D eigenvalue weighted by Gasteiger charge is -2.14. The lowest BCUT2D eigenvalue weighted by atomic mass is 10.1. The quantitative estimate of drug-likeness (QED) is 0.557. The Hall–Kier alpha value is -3.09. The van der Waals surface area contributed by atoms with Gasteiger partial charge < -0.3 is 18.8 Å². The van der Waals surface area contributed by atoms with Gasteiger partial charge in [0.05, 0.1) is 25.8 Å². The molecule has 7 nitrogen and oxygen atoms in total. The molecule has 1 atom stereocenters. The maximum atomic E-state index is 12.2. The van der Waals surface area contributed by atoms with Crippen molar-refractivity contribution < 1.29 is 28.3 Å². The minimum atomic E-state index is -0.568. The molecule has 1 saturated heterocycles. The van der Waals surface area contributed by atoms with Crippen molar-refractivity contribution >= 4 is 17.7 Å². The summed E-state index contributed by atoms with van der Waals surface area (Å²) < 4.78 is 15.4. The van der Waals surface area contributed by atoms with Crippen LogP contribution < -0.4 is 4.74 Å². The lowest BCUT2D eigenvalue weighted by molar-refractivity contribution is -0.147. The summed E-state index contributed by atoms with van der Waals surface area (Å²) in [5.41, 5.74) is 0.431. The van der Waals surface area contributed by atoms with E-state index in [0.29, 0.717) is 23.6 Å². The monoisotopic (exact) mass is 357 g/mol. The molecule has 1 aliphatic rings. The van der Waals surface area contributed by atoms with Crippen LogP contribution in [0.25, 0.3) is 0 Å². The molecule has 7 heteroatoms. The molecule has 1 aliphatic heterocycles. The van der Waals surface area contributed by atoms with Crippen LogP contribution in [-0.4, -0.2) is 42.8 Å². The Balaban J connectivity index is 1.50. The largest absolute Gasteiger partial charge is 0.497 e. The summed E-state index contributed by atoms with van der Waals surface area (Å²) in [6, 6.07) is 10.1. The summed E-state index contributed by atoms with van der Waals surface area (Å²) in [6.45, 7) is 0.226. The number of carbonyl (C=O) groups is 3. The summed E-state index contributed by atoms with van der Waals surface area (Å²) >= 11 is 0. The van der Waals surface area contributed by atoms with Gasteiger partial charge in [0.1, 0.15) is 11.5 Å². The summed E-state index contributed by atoms with van der Waals surface area (Å²) in [5, 5.41) is 0. The second-order valence-electron chi connectivity index (χ2n) is 6.01. The molecule has 2 heterocycles. The maximum Gasteiger partial charge on any atom is 0.311 e. The molecule has 3 rings (SSSR count). The van der Waals surface area contributed by atoms with Gasteiger partial charge in [0, 0.05) is 18.5 Å². The molecule has 0 radical (unpaired) electrons. The minimum absolute atomic E-state index is 0.0796. The number of amides is 1. The molecule has 0 N–H and O–H groups in total. The van der Waals surface area contributed by atoms with Gasteiger partial charge in [0.25, 0.3) is 0 Å². The van der Waals surface area contributed by atoms with Gasteiger partial charge in [0.15, 0.2) is 12.4 Å². The predicted molar refractivity (Wildman–Crippen MR) is 90.5 cm³/mol. The third-order valence-electron chi connectivity index (χ3n) is 4.23. The second-order valence-corrected chi connectivity index (χ2v) is 6.01. The average molecular weight is 357 g/mol. The highest BCUT2D eigenvalue weighted by Crippen LogP contribution is 2.21. The van der Waals surface area contributed by atoms with Gasteiger partial charge in [0.2, 0.25) is 5.91 Å². The van der Waals surface area contributed by atoms with Crippen molar-refractivity contribution in [3.8, 4) is 5.75 Å². The van der Waals surface area contributed by atoms with Crippen LogP contribution in [0.15, 0.2) is 47.1 Å². The van der Waals surface area contributed by atoms with Crippen molar-refractivity contribution in [3.63, 3.8) is 0 Å². The SMILES string of the molecule is COc1ccc(C(=O)COC(=O)C2CC(=O)N(Cc3ccco3)C2)cc1. The van der Waals surface area contributed by atoms with Crippen molar-refractivity contribution in [1.29, 1.82) is 0 Å². The molecular formula is C19H19NO6. The first-order chi connectivity index (χ1) is 12.6. The Labute approximate surface area is 150 Å². The minimum Gasteiger partial charge on any atom is -0.497 e. The molecule has 0 aliphatic carbocycles. The number of rotatable bonds is 7. The fourth-order valence-corrected chi connectivity index (χ4v) is 2.79. The van der Waals surface area contributed by atoms with E-state index in [9.17, 15) is 14.4 Å². The third-order valence-corrected chi connectivity index (χ3v) is 4.23. The Morgan fingerprint density at radius 3 is 2.65 bits per heavy atom. The number of methoxy groups -OCH3 is 1. The molecule has 26 heavy (non-hydrogen) atoms. The van der Waals surface area contributed by atoms with Gasteiger partial charge in [-0.3, -0.25) is 14.4 Å². The Morgan fingerprint density at radius 1 is 1.23 bits per heavy atom. The zero-order valence-corrected chi connectivity index (χ0v) is 14.3. The van der Waals surface area contributed by atoms with Crippen LogP contribution in [0.5, 0.6) is 5.75 Å². The van der Waals surface area contributed by atoms with Gasteiger partial charge in [-0.15, -0.1) is 0 Å². The standard InChI is InChI=1S/C19H19NO6/c1-24-15-6-4-13(5-7-15)17(21)12-26-19(23)14-9-18(22)20(10-14)11-16-3-2-8-25-16/h2-8,14H,9-12H2,1H3. The van der Waals surface area contributed by atoms with Gasteiger partial charge in [-0.05, 0) is 36.4 Å². The summed E-state index contributed by atoms with van der Waals surface area (Å²) in [7, 11) is 1.54. The van der Waals surface area contributed by atoms with E-state index in [4.69, 9.17) is 13.9 Å². The van der Waals surface area contributed by atoms with Crippen LogP contribution in [0.1, 0.15) is 22.5 Å². The van der Waals surface area contributed by atoms with Crippen LogP contribution in [0.2, 0.25) is 0 Å². The number of esters is 1. The van der Waals surface area contributed by atoms with Crippen molar-refractivity contribution in [2.45, 2.75) is 13.0 Å². The summed E-state index contributed by atoms with van der Waals surface area (Å²) in [5.74, 6) is -0.257. The van der Waals surface area contributed by atoms with Crippen LogP contribution in [0, 0.1) is 5.92 Å². The molecule has 0 saturated carbocycles. The Kier molecular flexibility index (Phi) is 5.36. The Bertz CT molecular complexity index is 781. The number of hydrogen-bond acceptors (Lipinski definition) is 6. The first-order valence-corrected chi connectivity index (χ1v) is 8.21. The van der Waals surface area contributed by atoms with E-state index < -0.39 is 11.9 Å². The fraction of sp³-hybridized carbons (Fsp3) is 0.316. The molecule has 1 fully saturated rings. The second kappa shape index (κ2) is 7.86. The summed E-state index contributed by atoms with van der Waals surface area (Å²) in [6.07, 6.45) is 1.61. The predicted octanol–water partition coefficient (Wildman–Crippen LogP) is 2.06. The molecular weight excluding hydrogens is 338 g/mol. The lowest BCUT2D eigenvalue weighted by Crippen LogP contribution is -2.27. The van der Waals surface area contributed by atoms with Gasteiger partial charge in [-0.1, -0.05) is 0 Å². The van der Waals surface area contributed by atoms with Crippen LogP contribution in [-0.2, 0) is 20.9 Å². The van der Waals surface area contributed by atoms with Crippen molar-refractivity contribution in [2.24, 2.45) is 5.92 Å². The van der Waals surface area contributed by atoms with Crippen LogP contribution in [0.4, 0.5) is 0 Å². The molecule has 1 unspecified atom stereocenters. The van der Waals surface area contributed by atoms with E-state index in [-0.39, 0.29) is 31.3 Å². The van der Waals surface area contributed by atoms with E-state index in [2.05, 4.69) is 0 Å². The number of furan rings is 1. The first-order valence-electron chi connectivity index (χ1n) is 8.21. The van der Waals surface area contributed by atoms with Gasteiger partial charge in [-0.2, -0.15) is 0 Å². The maximum absolute atomic E-state index is 12.2. The van der Waals surface area contributed by atoms with E-state index in [1.54, 1.807) is 41.3 Å². The van der Waals surface area contributed by atoms with Crippen LogP contribution >= 0.6 is 0 Å². The van der Waals surface area contributed by atoms with Crippen LogP contribution in [0.3, 0.4) is 0 Å². The van der Waals surface area contributed by atoms with Gasteiger partial charge >= 0.3 is 5.97 Å². The Morgan fingerprint density at radius 2 is 2.00 bits per heavy atom. The van der Waals surface area contributed by atoms with Crippen molar-refractivity contribution in [1.82, 2.24) is 4.90 Å². The normalized spacial score (nSPS) is 16.6. The van der Waals surface area contributed by atoms with E-state index in [0.717, 1.165) is 0 Å². The molecule has 136 valence electrons. The zero-order chi connectivity index (χ0) is 18.5. The molecule has 1 aromatic heterocycles.